The maximum absolute atomic E-state index is 12.3. The lowest BCUT2D eigenvalue weighted by Gasteiger charge is -2.09. The van der Waals surface area contributed by atoms with E-state index in [1.807, 2.05) is 54.6 Å². The highest BCUT2D eigenvalue weighted by molar-refractivity contribution is 9.10. The van der Waals surface area contributed by atoms with Crippen LogP contribution in [-0.4, -0.2) is 17.5 Å². The highest BCUT2D eigenvalue weighted by Gasteiger charge is 2.14. The fourth-order valence-electron chi connectivity index (χ4n) is 2.75. The number of hydrogen-bond donors (Lipinski definition) is 1. The molecule has 0 unspecified atom stereocenters. The fourth-order valence-corrected chi connectivity index (χ4v) is 3.95. The summed E-state index contributed by atoms with van der Waals surface area (Å²) in [4.78, 5) is 18.1. The van der Waals surface area contributed by atoms with Crippen LogP contribution < -0.4 is 10.1 Å². The van der Waals surface area contributed by atoms with E-state index in [1.54, 1.807) is 0 Å². The molecule has 0 saturated heterocycles. The van der Waals surface area contributed by atoms with E-state index in [1.165, 1.54) is 11.3 Å². The minimum absolute atomic E-state index is 0.0667. The summed E-state index contributed by atoms with van der Waals surface area (Å²) in [5, 5.41) is 3.44. The third kappa shape index (κ3) is 5.09. The SMILES string of the molecule is C=CCc1ccccc1OCC(=O)Nc1nc(-c2ccc(Br)cc2)c(CC)s1. The smallest absolute Gasteiger partial charge is 0.264 e. The summed E-state index contributed by atoms with van der Waals surface area (Å²) in [6.07, 6.45) is 3.36. The van der Waals surface area contributed by atoms with E-state index in [4.69, 9.17) is 4.74 Å². The molecule has 0 radical (unpaired) electrons. The van der Waals surface area contributed by atoms with Gasteiger partial charge in [0.15, 0.2) is 11.7 Å². The van der Waals surface area contributed by atoms with E-state index >= 15 is 0 Å². The van der Waals surface area contributed by atoms with Gasteiger partial charge in [-0.05, 0) is 36.6 Å². The molecule has 0 bridgehead atoms. The van der Waals surface area contributed by atoms with Crippen LogP contribution >= 0.6 is 27.3 Å². The van der Waals surface area contributed by atoms with E-state index in [0.29, 0.717) is 17.3 Å². The number of thiazole rings is 1. The van der Waals surface area contributed by atoms with Crippen molar-refractivity contribution in [1.29, 1.82) is 0 Å². The second-order valence-corrected chi connectivity index (χ2v) is 8.09. The monoisotopic (exact) mass is 456 g/mol. The Hall–Kier alpha value is -2.44. The third-order valence-electron chi connectivity index (χ3n) is 4.08. The Kier molecular flexibility index (Phi) is 7.01. The van der Waals surface area contributed by atoms with Crippen LogP contribution in [0.5, 0.6) is 5.75 Å². The van der Waals surface area contributed by atoms with Gasteiger partial charge in [-0.15, -0.1) is 17.9 Å². The number of anilines is 1. The Morgan fingerprint density at radius 2 is 2.00 bits per heavy atom. The lowest BCUT2D eigenvalue weighted by molar-refractivity contribution is -0.118. The summed E-state index contributed by atoms with van der Waals surface area (Å²) in [5.41, 5.74) is 2.95. The second-order valence-electron chi connectivity index (χ2n) is 6.09. The third-order valence-corrected chi connectivity index (χ3v) is 5.72. The number of hydrogen-bond acceptors (Lipinski definition) is 4. The van der Waals surface area contributed by atoms with E-state index in [9.17, 15) is 4.79 Å². The molecule has 3 rings (SSSR count). The van der Waals surface area contributed by atoms with Gasteiger partial charge < -0.3 is 4.74 Å². The summed E-state index contributed by atoms with van der Waals surface area (Å²) in [5.74, 6) is 0.466. The molecule has 0 saturated carbocycles. The summed E-state index contributed by atoms with van der Waals surface area (Å²) in [7, 11) is 0. The van der Waals surface area contributed by atoms with Gasteiger partial charge >= 0.3 is 0 Å². The predicted molar refractivity (Wildman–Crippen MR) is 119 cm³/mol. The molecule has 144 valence electrons. The second kappa shape index (κ2) is 9.66. The lowest BCUT2D eigenvalue weighted by atomic mass is 10.1. The Morgan fingerprint density at radius 1 is 1.25 bits per heavy atom. The molecule has 0 fully saturated rings. The van der Waals surface area contributed by atoms with Crippen molar-refractivity contribution >= 4 is 38.3 Å². The Bertz CT molecular complexity index is 967. The highest BCUT2D eigenvalue weighted by Crippen LogP contribution is 2.32. The molecule has 0 aliphatic heterocycles. The van der Waals surface area contributed by atoms with Crippen molar-refractivity contribution in [1.82, 2.24) is 4.98 Å². The molecule has 28 heavy (non-hydrogen) atoms. The van der Waals surface area contributed by atoms with Gasteiger partial charge in [-0.2, -0.15) is 0 Å². The van der Waals surface area contributed by atoms with E-state index in [0.717, 1.165) is 32.6 Å². The van der Waals surface area contributed by atoms with Crippen LogP contribution in [0, 0.1) is 0 Å². The van der Waals surface area contributed by atoms with Crippen molar-refractivity contribution in [3.05, 3.63) is 76.1 Å². The van der Waals surface area contributed by atoms with Crippen molar-refractivity contribution in [3.63, 3.8) is 0 Å². The molecule has 6 heteroatoms. The summed E-state index contributed by atoms with van der Waals surface area (Å²) < 4.78 is 6.72. The van der Waals surface area contributed by atoms with Crippen molar-refractivity contribution in [2.75, 3.05) is 11.9 Å². The number of para-hydroxylation sites is 1. The number of halogens is 1. The maximum Gasteiger partial charge on any atom is 0.264 e. The summed E-state index contributed by atoms with van der Waals surface area (Å²) in [6.45, 7) is 5.77. The molecule has 2 aromatic carbocycles. The molecule has 1 N–H and O–H groups in total. The van der Waals surface area contributed by atoms with Crippen molar-refractivity contribution in [2.24, 2.45) is 0 Å². The predicted octanol–water partition coefficient (Wildman–Crippen LogP) is 5.88. The zero-order valence-corrected chi connectivity index (χ0v) is 18.0. The summed E-state index contributed by atoms with van der Waals surface area (Å²) >= 11 is 4.94. The first-order valence-corrected chi connectivity index (χ1v) is 10.6. The van der Waals surface area contributed by atoms with E-state index in [2.05, 4.69) is 39.7 Å². The zero-order valence-electron chi connectivity index (χ0n) is 15.6. The van der Waals surface area contributed by atoms with Gasteiger partial charge in [0.1, 0.15) is 5.75 Å². The average Bonchev–Trinajstić information content (AvgIpc) is 3.11. The molecule has 4 nitrogen and oxygen atoms in total. The molecule has 0 aliphatic carbocycles. The number of benzene rings is 2. The molecule has 1 heterocycles. The van der Waals surface area contributed by atoms with Crippen LogP contribution in [0.2, 0.25) is 0 Å². The number of carbonyl (C=O) groups excluding carboxylic acids is 1. The van der Waals surface area contributed by atoms with Gasteiger partial charge in [0.05, 0.1) is 5.69 Å². The van der Waals surface area contributed by atoms with Crippen molar-refractivity contribution in [2.45, 2.75) is 19.8 Å². The molecule has 0 atom stereocenters. The number of nitrogens with one attached hydrogen (secondary N) is 1. The highest BCUT2D eigenvalue weighted by atomic mass is 79.9. The quantitative estimate of drug-likeness (QED) is 0.430. The van der Waals surface area contributed by atoms with Crippen LogP contribution in [0.3, 0.4) is 0 Å². The van der Waals surface area contributed by atoms with Gasteiger partial charge in [-0.1, -0.05) is 59.3 Å². The molecular formula is C22H21BrN2O2S. The average molecular weight is 457 g/mol. The molecular weight excluding hydrogens is 436 g/mol. The maximum atomic E-state index is 12.3. The Balaban J connectivity index is 1.68. The van der Waals surface area contributed by atoms with Gasteiger partial charge in [-0.3, -0.25) is 10.1 Å². The van der Waals surface area contributed by atoms with Crippen molar-refractivity contribution < 1.29 is 9.53 Å². The van der Waals surface area contributed by atoms with Gasteiger partial charge in [0.25, 0.3) is 5.91 Å². The van der Waals surface area contributed by atoms with E-state index in [-0.39, 0.29) is 12.5 Å². The summed E-state index contributed by atoms with van der Waals surface area (Å²) in [6, 6.07) is 15.7. The van der Waals surface area contributed by atoms with Crippen LogP contribution in [0.4, 0.5) is 5.13 Å². The lowest BCUT2D eigenvalue weighted by Crippen LogP contribution is -2.20. The number of rotatable bonds is 8. The molecule has 1 aromatic heterocycles. The fraction of sp³-hybridized carbons (Fsp3) is 0.182. The van der Waals surface area contributed by atoms with Crippen LogP contribution in [0.15, 0.2) is 65.7 Å². The van der Waals surface area contributed by atoms with Gasteiger partial charge in [0.2, 0.25) is 0 Å². The standard InChI is InChI=1S/C22H21BrN2O2S/c1-3-7-15-8-5-6-9-18(15)27-14-20(26)24-22-25-21(19(4-2)28-22)16-10-12-17(23)13-11-16/h3,5-6,8-13H,1,4,7,14H2,2H3,(H,24,25,26). The minimum Gasteiger partial charge on any atom is -0.483 e. The number of nitrogens with zero attached hydrogens (tertiary/aromatic N) is 1. The molecule has 1 amide bonds. The minimum atomic E-state index is -0.229. The van der Waals surface area contributed by atoms with Crippen LogP contribution in [0.1, 0.15) is 17.4 Å². The number of allylic oxidation sites excluding steroid dienone is 1. The van der Waals surface area contributed by atoms with Gasteiger partial charge in [-0.25, -0.2) is 4.98 Å². The first kappa shape index (κ1) is 20.3. The van der Waals surface area contributed by atoms with Crippen LogP contribution in [-0.2, 0) is 17.6 Å². The molecule has 0 aliphatic rings. The largest absolute Gasteiger partial charge is 0.483 e. The molecule has 3 aromatic rings. The first-order valence-electron chi connectivity index (χ1n) is 8.97. The number of amides is 1. The normalized spacial score (nSPS) is 10.5. The number of aryl methyl sites for hydroxylation is 1. The number of ether oxygens (including phenoxy) is 1. The van der Waals surface area contributed by atoms with E-state index < -0.39 is 0 Å². The Morgan fingerprint density at radius 3 is 2.71 bits per heavy atom. The zero-order chi connectivity index (χ0) is 19.9. The molecule has 0 spiro atoms. The number of carbonyl (C=O) groups is 1. The van der Waals surface area contributed by atoms with Crippen molar-refractivity contribution in [3.8, 4) is 17.0 Å². The topological polar surface area (TPSA) is 51.2 Å². The number of aromatic nitrogens is 1. The van der Waals surface area contributed by atoms with Crippen LogP contribution in [0.25, 0.3) is 11.3 Å². The first-order chi connectivity index (χ1) is 13.6. The Labute approximate surface area is 177 Å². The van der Waals surface area contributed by atoms with Gasteiger partial charge in [0, 0.05) is 14.9 Å².